The van der Waals surface area contributed by atoms with Crippen molar-refractivity contribution in [2.24, 2.45) is 0 Å². The molecule has 0 aliphatic heterocycles. The van der Waals surface area contributed by atoms with Crippen LogP contribution in [0.3, 0.4) is 0 Å². The highest BCUT2D eigenvalue weighted by Gasteiger charge is 2.07. The lowest BCUT2D eigenvalue weighted by molar-refractivity contribution is 0.287. The van der Waals surface area contributed by atoms with Gasteiger partial charge in [0.25, 0.3) is 0 Å². The summed E-state index contributed by atoms with van der Waals surface area (Å²) < 4.78 is 22.7. The highest BCUT2D eigenvalue weighted by molar-refractivity contribution is 5.44. The maximum absolute atomic E-state index is 5.71. The number of rotatable bonds is 14. The summed E-state index contributed by atoms with van der Waals surface area (Å²) in [5, 5.41) is 3.52. The summed E-state index contributed by atoms with van der Waals surface area (Å²) in [7, 11) is 0. The summed E-state index contributed by atoms with van der Waals surface area (Å²) in [5.41, 5.74) is 2.48. The minimum absolute atomic E-state index is 0.633. The van der Waals surface area contributed by atoms with Crippen molar-refractivity contribution in [2.75, 3.05) is 39.5 Å². The summed E-state index contributed by atoms with van der Waals surface area (Å²) in [6.07, 6.45) is 1.89. The zero-order valence-corrected chi connectivity index (χ0v) is 18.3. The van der Waals surface area contributed by atoms with Crippen LogP contribution < -0.4 is 24.3 Å². The van der Waals surface area contributed by atoms with Crippen molar-refractivity contribution in [3.05, 3.63) is 47.5 Å². The van der Waals surface area contributed by atoms with Crippen molar-refractivity contribution in [3.63, 3.8) is 0 Å². The molecule has 5 nitrogen and oxygen atoms in total. The first-order valence-electron chi connectivity index (χ1n) is 10.7. The zero-order chi connectivity index (χ0) is 20.9. The molecule has 29 heavy (non-hydrogen) atoms. The van der Waals surface area contributed by atoms with Gasteiger partial charge in [0.05, 0.1) is 26.4 Å². The van der Waals surface area contributed by atoms with E-state index in [1.165, 1.54) is 11.1 Å². The van der Waals surface area contributed by atoms with Crippen LogP contribution in [0.15, 0.2) is 36.4 Å². The Morgan fingerprint density at radius 2 is 0.931 bits per heavy atom. The van der Waals surface area contributed by atoms with Gasteiger partial charge in [0.2, 0.25) is 0 Å². The third kappa shape index (κ3) is 7.50. The number of hydrogen-bond acceptors (Lipinski definition) is 5. The first kappa shape index (κ1) is 22.9. The highest BCUT2D eigenvalue weighted by atomic mass is 16.5. The average Bonchev–Trinajstić information content (AvgIpc) is 2.72. The fourth-order valence-corrected chi connectivity index (χ4v) is 3.09. The van der Waals surface area contributed by atoms with Gasteiger partial charge in [0.1, 0.15) is 0 Å². The lowest BCUT2D eigenvalue weighted by Crippen LogP contribution is -2.20. The molecule has 0 heterocycles. The van der Waals surface area contributed by atoms with E-state index in [0.29, 0.717) is 26.4 Å². The van der Waals surface area contributed by atoms with Crippen LogP contribution in [0.1, 0.15) is 38.8 Å². The summed E-state index contributed by atoms with van der Waals surface area (Å²) in [4.78, 5) is 0. The molecule has 5 heteroatoms. The molecule has 0 spiro atoms. The van der Waals surface area contributed by atoms with E-state index < -0.39 is 0 Å². The molecule has 0 unspecified atom stereocenters. The SMILES string of the molecule is CCOc1ccc(CCNCCc2ccc(OCC)c(OCC)c2)cc1OCC. The maximum Gasteiger partial charge on any atom is 0.161 e. The molecule has 2 rings (SSSR count). The Kier molecular flexibility index (Phi) is 10.2. The fraction of sp³-hybridized carbons (Fsp3) is 0.500. The van der Waals surface area contributed by atoms with Gasteiger partial charge < -0.3 is 24.3 Å². The molecule has 0 fully saturated rings. The number of benzene rings is 2. The van der Waals surface area contributed by atoms with Crippen LogP contribution in [0.5, 0.6) is 23.0 Å². The Hall–Kier alpha value is -2.40. The Bertz CT molecular complexity index is 671. The lowest BCUT2D eigenvalue weighted by atomic mass is 10.1. The zero-order valence-electron chi connectivity index (χ0n) is 18.3. The van der Waals surface area contributed by atoms with E-state index in [1.54, 1.807) is 0 Å². The van der Waals surface area contributed by atoms with E-state index in [-0.39, 0.29) is 0 Å². The predicted octanol–water partition coefficient (Wildman–Crippen LogP) is 4.66. The van der Waals surface area contributed by atoms with E-state index in [0.717, 1.165) is 48.9 Å². The van der Waals surface area contributed by atoms with Gasteiger partial charge in [-0.3, -0.25) is 0 Å². The van der Waals surface area contributed by atoms with E-state index in [1.807, 2.05) is 39.8 Å². The third-order valence-electron chi connectivity index (χ3n) is 4.40. The van der Waals surface area contributed by atoms with Gasteiger partial charge in [-0.2, -0.15) is 0 Å². The van der Waals surface area contributed by atoms with Gasteiger partial charge in [-0.1, -0.05) is 12.1 Å². The molecule has 160 valence electrons. The van der Waals surface area contributed by atoms with Crippen molar-refractivity contribution in [1.82, 2.24) is 5.32 Å². The first-order chi connectivity index (χ1) is 14.2. The Morgan fingerprint density at radius 3 is 1.31 bits per heavy atom. The van der Waals surface area contributed by atoms with Crippen LogP contribution in [-0.2, 0) is 12.8 Å². The molecule has 0 aliphatic carbocycles. The standard InChI is InChI=1S/C24H35NO4/c1-5-26-21-11-9-19(17-23(21)28-7-3)13-15-25-16-14-20-10-12-22(27-6-2)24(18-20)29-8-4/h9-12,17-18,25H,5-8,13-16H2,1-4H3. The molecular weight excluding hydrogens is 366 g/mol. The predicted molar refractivity (Wildman–Crippen MR) is 118 cm³/mol. The van der Waals surface area contributed by atoms with E-state index in [9.17, 15) is 0 Å². The average molecular weight is 402 g/mol. The molecule has 0 saturated carbocycles. The van der Waals surface area contributed by atoms with Crippen molar-refractivity contribution in [1.29, 1.82) is 0 Å². The Morgan fingerprint density at radius 1 is 0.552 bits per heavy atom. The minimum Gasteiger partial charge on any atom is -0.490 e. The number of nitrogens with one attached hydrogen (secondary N) is 1. The van der Waals surface area contributed by atoms with Gasteiger partial charge in [0.15, 0.2) is 23.0 Å². The van der Waals surface area contributed by atoms with E-state index in [4.69, 9.17) is 18.9 Å². The smallest absolute Gasteiger partial charge is 0.161 e. The van der Waals surface area contributed by atoms with Crippen LogP contribution >= 0.6 is 0 Å². The molecule has 0 aromatic heterocycles. The topological polar surface area (TPSA) is 49.0 Å². The monoisotopic (exact) mass is 401 g/mol. The minimum atomic E-state index is 0.633. The fourth-order valence-electron chi connectivity index (χ4n) is 3.09. The quantitative estimate of drug-likeness (QED) is 0.467. The molecule has 0 amide bonds. The number of hydrogen-bond donors (Lipinski definition) is 1. The molecule has 0 bridgehead atoms. The molecule has 0 radical (unpaired) electrons. The summed E-state index contributed by atoms with van der Waals surface area (Å²) in [6, 6.07) is 12.4. The molecule has 1 N–H and O–H groups in total. The molecule has 2 aromatic rings. The van der Waals surface area contributed by atoms with E-state index >= 15 is 0 Å². The van der Waals surface area contributed by atoms with Crippen molar-refractivity contribution >= 4 is 0 Å². The van der Waals surface area contributed by atoms with E-state index in [2.05, 4.69) is 29.6 Å². The van der Waals surface area contributed by atoms with Crippen LogP contribution in [0.25, 0.3) is 0 Å². The maximum atomic E-state index is 5.71. The van der Waals surface area contributed by atoms with Gasteiger partial charge in [-0.25, -0.2) is 0 Å². The van der Waals surface area contributed by atoms with Crippen LogP contribution in [-0.4, -0.2) is 39.5 Å². The first-order valence-corrected chi connectivity index (χ1v) is 10.7. The lowest BCUT2D eigenvalue weighted by Gasteiger charge is -2.13. The number of ether oxygens (including phenoxy) is 4. The molecule has 0 saturated heterocycles. The van der Waals surface area contributed by atoms with Crippen LogP contribution in [0, 0.1) is 0 Å². The third-order valence-corrected chi connectivity index (χ3v) is 4.40. The van der Waals surface area contributed by atoms with Crippen molar-refractivity contribution < 1.29 is 18.9 Å². The second-order valence-corrected chi connectivity index (χ2v) is 6.54. The second-order valence-electron chi connectivity index (χ2n) is 6.54. The Labute approximate surface area is 175 Å². The molecule has 2 aromatic carbocycles. The van der Waals surface area contributed by atoms with Crippen LogP contribution in [0.4, 0.5) is 0 Å². The molecular formula is C24H35NO4. The Balaban J connectivity index is 1.82. The van der Waals surface area contributed by atoms with Gasteiger partial charge in [-0.15, -0.1) is 0 Å². The normalized spacial score (nSPS) is 10.6. The molecule has 0 aliphatic rings. The highest BCUT2D eigenvalue weighted by Crippen LogP contribution is 2.29. The second kappa shape index (κ2) is 12.9. The summed E-state index contributed by atoms with van der Waals surface area (Å²) >= 11 is 0. The summed E-state index contributed by atoms with van der Waals surface area (Å²) in [5.74, 6) is 3.27. The van der Waals surface area contributed by atoms with Gasteiger partial charge in [-0.05, 0) is 89.0 Å². The van der Waals surface area contributed by atoms with Crippen molar-refractivity contribution in [3.8, 4) is 23.0 Å². The van der Waals surface area contributed by atoms with Gasteiger partial charge in [0, 0.05) is 0 Å². The van der Waals surface area contributed by atoms with Gasteiger partial charge >= 0.3 is 0 Å². The van der Waals surface area contributed by atoms with Crippen LogP contribution in [0.2, 0.25) is 0 Å². The summed E-state index contributed by atoms with van der Waals surface area (Å²) in [6.45, 7) is 12.3. The molecule has 0 atom stereocenters. The van der Waals surface area contributed by atoms with Crippen molar-refractivity contribution in [2.45, 2.75) is 40.5 Å². The largest absolute Gasteiger partial charge is 0.490 e.